The summed E-state index contributed by atoms with van der Waals surface area (Å²) in [6.45, 7) is -0.0385. The van der Waals surface area contributed by atoms with Gasteiger partial charge in [-0.3, -0.25) is 0 Å². The number of halogens is 1. The molecule has 0 aliphatic rings. The number of benzene rings is 1. The van der Waals surface area contributed by atoms with Gasteiger partial charge in [0.15, 0.2) is 0 Å². The van der Waals surface area contributed by atoms with Gasteiger partial charge in [0.2, 0.25) is 10.0 Å². The van der Waals surface area contributed by atoms with Crippen molar-refractivity contribution in [2.75, 3.05) is 18.2 Å². The van der Waals surface area contributed by atoms with Crippen LogP contribution in [-0.4, -0.2) is 31.7 Å². The zero-order valence-electron chi connectivity index (χ0n) is 8.64. The predicted molar refractivity (Wildman–Crippen MR) is 63.9 cm³/mol. The minimum atomic E-state index is -3.38. The Labute approximate surface area is 100 Å². The van der Waals surface area contributed by atoms with Crippen LogP contribution >= 0.6 is 11.6 Å². The molecule has 0 saturated heterocycles. The number of alkyl halides is 1. The summed E-state index contributed by atoms with van der Waals surface area (Å²) in [7, 11) is -3.38. The molecule has 90 valence electrons. The van der Waals surface area contributed by atoms with Crippen LogP contribution in [0.5, 0.6) is 0 Å². The molecule has 6 heteroatoms. The maximum atomic E-state index is 11.3. The van der Waals surface area contributed by atoms with Crippen molar-refractivity contribution in [3.63, 3.8) is 0 Å². The Hall–Kier alpha value is -0.620. The summed E-state index contributed by atoms with van der Waals surface area (Å²) >= 11 is 5.34. The Balaban J connectivity index is 2.51. The van der Waals surface area contributed by atoms with E-state index < -0.39 is 16.1 Å². The number of hydrogen-bond acceptors (Lipinski definition) is 3. The van der Waals surface area contributed by atoms with Crippen LogP contribution in [-0.2, 0) is 10.0 Å². The third-order valence-corrected chi connectivity index (χ3v) is 3.79. The fraction of sp³-hybridized carbons (Fsp3) is 0.400. The Morgan fingerprint density at radius 2 is 1.94 bits per heavy atom. The smallest absolute Gasteiger partial charge is 0.212 e. The van der Waals surface area contributed by atoms with E-state index in [0.29, 0.717) is 5.56 Å². The van der Waals surface area contributed by atoms with Crippen LogP contribution in [0.2, 0.25) is 0 Å². The first-order chi connectivity index (χ1) is 7.55. The van der Waals surface area contributed by atoms with Gasteiger partial charge < -0.3 is 5.11 Å². The van der Waals surface area contributed by atoms with Gasteiger partial charge in [-0.1, -0.05) is 30.3 Å². The molecule has 0 spiro atoms. The van der Waals surface area contributed by atoms with E-state index >= 15 is 0 Å². The molecule has 0 aliphatic heterocycles. The highest BCUT2D eigenvalue weighted by Gasteiger charge is 2.13. The first kappa shape index (κ1) is 13.4. The van der Waals surface area contributed by atoms with Crippen LogP contribution in [0.4, 0.5) is 0 Å². The lowest BCUT2D eigenvalue weighted by molar-refractivity contribution is 0.182. The Morgan fingerprint density at radius 3 is 2.50 bits per heavy atom. The quantitative estimate of drug-likeness (QED) is 0.749. The zero-order valence-corrected chi connectivity index (χ0v) is 10.2. The minimum absolute atomic E-state index is 0.0385. The molecule has 1 aromatic rings. The van der Waals surface area contributed by atoms with Gasteiger partial charge in [-0.05, 0) is 5.56 Å². The fourth-order valence-corrected chi connectivity index (χ4v) is 2.54. The molecule has 0 heterocycles. The lowest BCUT2D eigenvalue weighted by atomic mass is 10.1. The predicted octanol–water partition coefficient (Wildman–Crippen LogP) is 0.878. The monoisotopic (exact) mass is 263 g/mol. The summed E-state index contributed by atoms with van der Waals surface area (Å²) in [5.74, 6) is -0.104. The number of nitrogens with one attached hydrogen (secondary N) is 1. The van der Waals surface area contributed by atoms with E-state index in [2.05, 4.69) is 4.72 Å². The number of aliphatic hydroxyl groups is 1. The van der Waals surface area contributed by atoms with Crippen LogP contribution < -0.4 is 4.72 Å². The molecule has 0 radical (unpaired) electrons. The van der Waals surface area contributed by atoms with E-state index in [4.69, 9.17) is 11.6 Å². The minimum Gasteiger partial charge on any atom is -0.387 e. The molecule has 1 atom stereocenters. The topological polar surface area (TPSA) is 66.4 Å². The average molecular weight is 264 g/mol. The summed E-state index contributed by atoms with van der Waals surface area (Å²) in [5.41, 5.74) is 0.677. The maximum Gasteiger partial charge on any atom is 0.212 e. The molecule has 0 aromatic heterocycles. The van der Waals surface area contributed by atoms with Gasteiger partial charge in [-0.15, -0.1) is 11.6 Å². The Morgan fingerprint density at radius 1 is 1.31 bits per heavy atom. The summed E-state index contributed by atoms with van der Waals surface area (Å²) in [5, 5.41) is 9.69. The molecule has 0 aliphatic carbocycles. The van der Waals surface area contributed by atoms with Gasteiger partial charge in [0.25, 0.3) is 0 Å². The first-order valence-electron chi connectivity index (χ1n) is 4.81. The molecular formula is C10H14ClNO3S. The van der Waals surface area contributed by atoms with Crippen molar-refractivity contribution in [1.82, 2.24) is 4.72 Å². The van der Waals surface area contributed by atoms with E-state index in [1.165, 1.54) is 0 Å². The molecule has 0 fully saturated rings. The van der Waals surface area contributed by atoms with E-state index in [-0.39, 0.29) is 18.2 Å². The number of rotatable bonds is 6. The lowest BCUT2D eigenvalue weighted by Crippen LogP contribution is -2.31. The highest BCUT2D eigenvalue weighted by molar-refractivity contribution is 7.89. The number of aliphatic hydroxyl groups excluding tert-OH is 1. The molecule has 2 N–H and O–H groups in total. The summed E-state index contributed by atoms with van der Waals surface area (Å²) < 4.78 is 24.8. The first-order valence-corrected chi connectivity index (χ1v) is 7.00. The number of hydrogen-bond donors (Lipinski definition) is 2. The van der Waals surface area contributed by atoms with Crippen LogP contribution in [0.15, 0.2) is 30.3 Å². The lowest BCUT2D eigenvalue weighted by Gasteiger charge is -2.11. The van der Waals surface area contributed by atoms with Gasteiger partial charge in [0.05, 0.1) is 11.9 Å². The zero-order chi connectivity index (χ0) is 12.0. The van der Waals surface area contributed by atoms with Gasteiger partial charge in [-0.25, -0.2) is 13.1 Å². The highest BCUT2D eigenvalue weighted by atomic mass is 35.5. The standard InChI is InChI=1S/C10H14ClNO3S/c11-6-7-16(14,15)12-8-10(13)9-4-2-1-3-5-9/h1-5,10,12-13H,6-8H2. The van der Waals surface area contributed by atoms with E-state index in [1.54, 1.807) is 24.3 Å². The van der Waals surface area contributed by atoms with Crippen molar-refractivity contribution in [2.45, 2.75) is 6.10 Å². The molecule has 16 heavy (non-hydrogen) atoms. The van der Waals surface area contributed by atoms with E-state index in [0.717, 1.165) is 0 Å². The second-order valence-corrected chi connectivity index (χ2v) is 5.59. The molecule has 0 amide bonds. The summed E-state index contributed by atoms with van der Waals surface area (Å²) in [6, 6.07) is 8.87. The molecule has 0 saturated carbocycles. The third-order valence-electron chi connectivity index (χ3n) is 2.03. The largest absolute Gasteiger partial charge is 0.387 e. The summed E-state index contributed by atoms with van der Waals surface area (Å²) in [4.78, 5) is 0. The second-order valence-electron chi connectivity index (χ2n) is 3.28. The van der Waals surface area contributed by atoms with Crippen LogP contribution in [0, 0.1) is 0 Å². The van der Waals surface area contributed by atoms with E-state index in [1.807, 2.05) is 6.07 Å². The number of sulfonamides is 1. The van der Waals surface area contributed by atoms with E-state index in [9.17, 15) is 13.5 Å². The molecule has 1 unspecified atom stereocenters. The van der Waals surface area contributed by atoms with Crippen molar-refractivity contribution in [3.05, 3.63) is 35.9 Å². The Bertz CT molecular complexity index is 407. The van der Waals surface area contributed by atoms with Crippen LogP contribution in [0.25, 0.3) is 0 Å². The fourth-order valence-electron chi connectivity index (χ4n) is 1.17. The van der Waals surface area contributed by atoms with Crippen molar-refractivity contribution in [2.24, 2.45) is 0 Å². The van der Waals surface area contributed by atoms with Crippen LogP contribution in [0.1, 0.15) is 11.7 Å². The van der Waals surface area contributed by atoms with Crippen molar-refractivity contribution in [1.29, 1.82) is 0 Å². The third kappa shape index (κ3) is 4.49. The van der Waals surface area contributed by atoms with Crippen LogP contribution in [0.3, 0.4) is 0 Å². The molecule has 4 nitrogen and oxygen atoms in total. The summed E-state index contributed by atoms with van der Waals surface area (Å²) in [6.07, 6.45) is -0.841. The van der Waals surface area contributed by atoms with Gasteiger partial charge in [-0.2, -0.15) is 0 Å². The van der Waals surface area contributed by atoms with Crippen molar-refractivity contribution < 1.29 is 13.5 Å². The molecule has 0 bridgehead atoms. The second kappa shape index (κ2) is 6.20. The van der Waals surface area contributed by atoms with Crippen molar-refractivity contribution in [3.8, 4) is 0 Å². The highest BCUT2D eigenvalue weighted by Crippen LogP contribution is 2.10. The van der Waals surface area contributed by atoms with Crippen molar-refractivity contribution >= 4 is 21.6 Å². The molecule has 1 rings (SSSR count). The normalized spacial score (nSPS) is 13.6. The average Bonchev–Trinajstić information content (AvgIpc) is 2.27. The van der Waals surface area contributed by atoms with Gasteiger partial charge >= 0.3 is 0 Å². The van der Waals surface area contributed by atoms with Gasteiger partial charge in [0.1, 0.15) is 0 Å². The SMILES string of the molecule is O=S(=O)(CCCl)NCC(O)c1ccccc1. The molecular weight excluding hydrogens is 250 g/mol. The Kier molecular flexibility index (Phi) is 5.21. The molecule has 1 aromatic carbocycles. The maximum absolute atomic E-state index is 11.3. The van der Waals surface area contributed by atoms with Gasteiger partial charge in [0, 0.05) is 12.4 Å².